The molecule has 2 amide bonds. The molecule has 3 aromatic rings. The summed E-state index contributed by atoms with van der Waals surface area (Å²) in [5.74, 6) is 0.446. The molecular weight excluding hydrogens is 429 g/mol. The van der Waals surface area contributed by atoms with Crippen LogP contribution in [-0.4, -0.2) is 56.4 Å². The van der Waals surface area contributed by atoms with E-state index in [-0.39, 0.29) is 29.4 Å². The molecule has 1 aliphatic heterocycles. The number of likely N-dealkylation sites (tertiary alicyclic amines) is 1. The van der Waals surface area contributed by atoms with Gasteiger partial charge in [-0.15, -0.1) is 10.2 Å². The quantitative estimate of drug-likeness (QED) is 0.580. The predicted molar refractivity (Wildman–Crippen MR) is 121 cm³/mol. The molecule has 0 spiro atoms. The second-order valence-corrected chi connectivity index (χ2v) is 8.56. The lowest BCUT2D eigenvalue weighted by molar-refractivity contribution is -0.130. The molecule has 7 nitrogen and oxygen atoms in total. The summed E-state index contributed by atoms with van der Waals surface area (Å²) in [6.07, 6.45) is 1.51. The number of carbonyl (C=O) groups is 2. The largest absolute Gasteiger partial charge is 0.353 e. The summed E-state index contributed by atoms with van der Waals surface area (Å²) in [6, 6.07) is 15.8. The number of nitrogens with zero attached hydrogens (tertiary/aromatic N) is 4. The van der Waals surface area contributed by atoms with Crippen molar-refractivity contribution in [3.63, 3.8) is 0 Å². The van der Waals surface area contributed by atoms with Crippen LogP contribution in [0.25, 0.3) is 17.1 Å². The zero-order chi connectivity index (χ0) is 22.5. The normalized spacial score (nSPS) is 14.4. The van der Waals surface area contributed by atoms with Gasteiger partial charge in [-0.05, 0) is 49.2 Å². The summed E-state index contributed by atoms with van der Waals surface area (Å²) < 4.78 is 15.3. The van der Waals surface area contributed by atoms with Crippen molar-refractivity contribution in [3.05, 3.63) is 60.4 Å². The molecule has 0 aliphatic carbocycles. The van der Waals surface area contributed by atoms with E-state index in [0.717, 1.165) is 24.1 Å². The van der Waals surface area contributed by atoms with Gasteiger partial charge in [0.2, 0.25) is 11.8 Å². The summed E-state index contributed by atoms with van der Waals surface area (Å²) in [6.45, 7) is 2.90. The van der Waals surface area contributed by atoms with Crippen molar-refractivity contribution in [1.82, 2.24) is 25.0 Å². The minimum atomic E-state index is -0.320. The molecule has 32 heavy (non-hydrogen) atoms. The van der Waals surface area contributed by atoms with E-state index in [1.54, 1.807) is 24.0 Å². The van der Waals surface area contributed by atoms with Crippen LogP contribution in [0.5, 0.6) is 0 Å². The van der Waals surface area contributed by atoms with Gasteiger partial charge < -0.3 is 10.2 Å². The van der Waals surface area contributed by atoms with Crippen molar-refractivity contribution in [1.29, 1.82) is 0 Å². The Kier molecular flexibility index (Phi) is 6.84. The zero-order valence-corrected chi connectivity index (χ0v) is 18.5. The van der Waals surface area contributed by atoms with Crippen LogP contribution >= 0.6 is 11.8 Å². The molecule has 1 saturated heterocycles. The van der Waals surface area contributed by atoms with Crippen LogP contribution < -0.4 is 5.32 Å². The summed E-state index contributed by atoms with van der Waals surface area (Å²) in [7, 11) is 0. The van der Waals surface area contributed by atoms with Crippen LogP contribution in [0.4, 0.5) is 4.39 Å². The van der Waals surface area contributed by atoms with E-state index >= 15 is 0 Å². The first kappa shape index (κ1) is 22.0. The monoisotopic (exact) mass is 453 g/mol. The van der Waals surface area contributed by atoms with Gasteiger partial charge in [-0.2, -0.15) is 0 Å². The molecule has 166 valence electrons. The Labute approximate surface area is 190 Å². The number of piperidine rings is 1. The Morgan fingerprint density at radius 2 is 1.75 bits per heavy atom. The standard InChI is InChI=1S/C23H24FN5O2S/c1-16(30)28-13-11-19(12-14-28)25-21(31)15-32-23-27-26-22(17-7-9-18(24)10-8-17)29(23)20-5-3-2-4-6-20/h2-10,19H,11-15H2,1H3,(H,25,31). The number of carbonyl (C=O) groups excluding carboxylic acids is 2. The third kappa shape index (κ3) is 5.16. The maximum absolute atomic E-state index is 13.4. The molecule has 0 unspecified atom stereocenters. The SMILES string of the molecule is CC(=O)N1CCC(NC(=O)CSc2nnc(-c3ccc(F)cc3)n2-c2ccccc2)CC1. The van der Waals surface area contributed by atoms with Gasteiger partial charge >= 0.3 is 0 Å². The smallest absolute Gasteiger partial charge is 0.230 e. The van der Waals surface area contributed by atoms with Crippen molar-refractivity contribution < 1.29 is 14.0 Å². The minimum Gasteiger partial charge on any atom is -0.353 e. The predicted octanol–water partition coefficient (Wildman–Crippen LogP) is 3.29. The summed E-state index contributed by atoms with van der Waals surface area (Å²) in [5, 5.41) is 12.2. The Morgan fingerprint density at radius 3 is 2.41 bits per heavy atom. The summed E-state index contributed by atoms with van der Waals surface area (Å²) in [5.41, 5.74) is 1.59. The van der Waals surface area contributed by atoms with Crippen LogP contribution in [0.1, 0.15) is 19.8 Å². The molecule has 0 bridgehead atoms. The third-order valence-electron chi connectivity index (χ3n) is 5.39. The van der Waals surface area contributed by atoms with Crippen LogP contribution in [0.3, 0.4) is 0 Å². The van der Waals surface area contributed by atoms with Gasteiger partial charge in [0, 0.05) is 37.3 Å². The van der Waals surface area contributed by atoms with E-state index in [2.05, 4.69) is 15.5 Å². The van der Waals surface area contributed by atoms with Crippen molar-refractivity contribution in [2.45, 2.75) is 31.0 Å². The lowest BCUT2D eigenvalue weighted by atomic mass is 10.1. The Bertz CT molecular complexity index is 1080. The van der Waals surface area contributed by atoms with E-state index in [0.29, 0.717) is 24.1 Å². The average Bonchev–Trinajstić information content (AvgIpc) is 3.23. The Morgan fingerprint density at radius 1 is 1.06 bits per heavy atom. The number of para-hydroxylation sites is 1. The van der Waals surface area contributed by atoms with Gasteiger partial charge in [0.25, 0.3) is 0 Å². The van der Waals surface area contributed by atoms with Gasteiger partial charge in [-0.3, -0.25) is 14.2 Å². The lowest BCUT2D eigenvalue weighted by Gasteiger charge is -2.31. The Hall–Kier alpha value is -3.20. The third-order valence-corrected chi connectivity index (χ3v) is 6.32. The molecule has 0 atom stereocenters. The number of benzene rings is 2. The molecule has 0 saturated carbocycles. The number of halogens is 1. The van der Waals surface area contributed by atoms with Gasteiger partial charge in [-0.25, -0.2) is 4.39 Å². The molecule has 1 N–H and O–H groups in total. The number of nitrogens with one attached hydrogen (secondary N) is 1. The Balaban J connectivity index is 1.46. The molecule has 1 fully saturated rings. The summed E-state index contributed by atoms with van der Waals surface area (Å²) in [4.78, 5) is 25.8. The average molecular weight is 454 g/mol. The second-order valence-electron chi connectivity index (χ2n) is 7.62. The second kappa shape index (κ2) is 9.95. The number of thioether (sulfide) groups is 1. The number of hydrogen-bond donors (Lipinski definition) is 1. The minimum absolute atomic E-state index is 0.0699. The van der Waals surface area contributed by atoms with Gasteiger partial charge in [-0.1, -0.05) is 30.0 Å². The molecule has 9 heteroatoms. The van der Waals surface area contributed by atoms with E-state index in [1.165, 1.54) is 23.9 Å². The van der Waals surface area contributed by atoms with Crippen LogP contribution in [0.15, 0.2) is 59.8 Å². The fraction of sp³-hybridized carbons (Fsp3) is 0.304. The first-order chi connectivity index (χ1) is 15.5. The zero-order valence-electron chi connectivity index (χ0n) is 17.7. The molecule has 0 radical (unpaired) electrons. The fourth-order valence-corrected chi connectivity index (χ4v) is 4.46. The van der Waals surface area contributed by atoms with Gasteiger partial charge in [0.05, 0.1) is 5.75 Å². The topological polar surface area (TPSA) is 80.1 Å². The molecule has 1 aliphatic rings. The van der Waals surface area contributed by atoms with Gasteiger partial charge in [0.1, 0.15) is 5.82 Å². The molecule has 2 heterocycles. The highest BCUT2D eigenvalue weighted by Gasteiger charge is 2.23. The molecule has 1 aromatic heterocycles. The van der Waals surface area contributed by atoms with Crippen LogP contribution in [-0.2, 0) is 9.59 Å². The molecule has 2 aromatic carbocycles. The van der Waals surface area contributed by atoms with Crippen LogP contribution in [0, 0.1) is 5.82 Å². The maximum Gasteiger partial charge on any atom is 0.230 e. The molecular formula is C23H24FN5O2S. The lowest BCUT2D eigenvalue weighted by Crippen LogP contribution is -2.46. The van der Waals surface area contributed by atoms with Crippen molar-refractivity contribution >= 4 is 23.6 Å². The van der Waals surface area contributed by atoms with Gasteiger partial charge in [0.15, 0.2) is 11.0 Å². The van der Waals surface area contributed by atoms with Crippen LogP contribution in [0.2, 0.25) is 0 Å². The number of amides is 2. The van der Waals surface area contributed by atoms with Crippen molar-refractivity contribution in [3.8, 4) is 17.1 Å². The fourth-order valence-electron chi connectivity index (χ4n) is 3.70. The highest BCUT2D eigenvalue weighted by atomic mass is 32.2. The highest BCUT2D eigenvalue weighted by molar-refractivity contribution is 7.99. The first-order valence-electron chi connectivity index (χ1n) is 10.5. The van der Waals surface area contributed by atoms with E-state index in [9.17, 15) is 14.0 Å². The summed E-state index contributed by atoms with van der Waals surface area (Å²) >= 11 is 1.30. The van der Waals surface area contributed by atoms with Crippen molar-refractivity contribution in [2.75, 3.05) is 18.8 Å². The molecule has 4 rings (SSSR count). The number of aromatic nitrogens is 3. The van der Waals surface area contributed by atoms with E-state index in [4.69, 9.17) is 0 Å². The highest BCUT2D eigenvalue weighted by Crippen LogP contribution is 2.28. The first-order valence-corrected chi connectivity index (χ1v) is 11.4. The maximum atomic E-state index is 13.4. The van der Waals surface area contributed by atoms with E-state index < -0.39 is 0 Å². The number of hydrogen-bond acceptors (Lipinski definition) is 5. The van der Waals surface area contributed by atoms with E-state index in [1.807, 2.05) is 34.9 Å². The van der Waals surface area contributed by atoms with Crippen molar-refractivity contribution in [2.24, 2.45) is 0 Å². The number of rotatable bonds is 6.